The van der Waals surface area contributed by atoms with Crippen LogP contribution in [0.5, 0.6) is 0 Å². The maximum absolute atomic E-state index is 10.5. The summed E-state index contributed by atoms with van der Waals surface area (Å²) in [5.41, 5.74) is 0.694. The number of hydrogen-bond acceptors (Lipinski definition) is 2. The second kappa shape index (κ2) is 3.85. The first-order valence-electron chi connectivity index (χ1n) is 3.77. The largest absolute Gasteiger partial charge is 0.480 e. The van der Waals surface area contributed by atoms with E-state index in [1.807, 2.05) is 12.2 Å². The molecule has 3 heteroatoms. The third-order valence-electron chi connectivity index (χ3n) is 1.84. The fourth-order valence-electron chi connectivity index (χ4n) is 1.18. The fourth-order valence-corrected chi connectivity index (χ4v) is 1.18. The van der Waals surface area contributed by atoms with Gasteiger partial charge in [-0.25, -0.2) is 0 Å². The van der Waals surface area contributed by atoms with Gasteiger partial charge in [-0.15, -0.1) is 0 Å². The summed E-state index contributed by atoms with van der Waals surface area (Å²) < 4.78 is 0. The van der Waals surface area contributed by atoms with E-state index in [-0.39, 0.29) is 0 Å². The first-order chi connectivity index (χ1) is 5.75. The molecule has 1 aliphatic rings. The number of carbonyl (C=O) groups is 2. The van der Waals surface area contributed by atoms with Gasteiger partial charge in [-0.05, 0) is 18.4 Å². The third-order valence-corrected chi connectivity index (χ3v) is 1.84. The van der Waals surface area contributed by atoms with E-state index in [1.165, 1.54) is 0 Å². The van der Waals surface area contributed by atoms with Crippen LogP contribution in [0.4, 0.5) is 0 Å². The van der Waals surface area contributed by atoms with E-state index in [0.717, 1.165) is 6.42 Å². The van der Waals surface area contributed by atoms with Gasteiger partial charge in [0.15, 0.2) is 0 Å². The molecular weight excluding hydrogens is 156 g/mol. The van der Waals surface area contributed by atoms with Crippen LogP contribution in [0.15, 0.2) is 23.8 Å². The Balaban J connectivity index is 2.72. The van der Waals surface area contributed by atoms with E-state index in [2.05, 4.69) is 0 Å². The van der Waals surface area contributed by atoms with Crippen molar-refractivity contribution < 1.29 is 14.7 Å². The molecule has 1 aliphatic carbocycles. The molecule has 0 amide bonds. The monoisotopic (exact) mass is 166 g/mol. The minimum Gasteiger partial charge on any atom is -0.480 e. The normalized spacial score (nSPS) is 18.2. The summed E-state index contributed by atoms with van der Waals surface area (Å²) in [4.78, 5) is 20.9. The van der Waals surface area contributed by atoms with Crippen molar-refractivity contribution in [1.29, 1.82) is 0 Å². The molecule has 3 nitrogen and oxygen atoms in total. The molecule has 1 unspecified atom stereocenters. The van der Waals surface area contributed by atoms with Gasteiger partial charge >= 0.3 is 5.97 Å². The van der Waals surface area contributed by atoms with Gasteiger partial charge in [0.25, 0.3) is 0 Å². The lowest BCUT2D eigenvalue weighted by atomic mass is 9.94. The van der Waals surface area contributed by atoms with Crippen molar-refractivity contribution in [2.45, 2.75) is 12.8 Å². The van der Waals surface area contributed by atoms with Crippen molar-refractivity contribution in [3.05, 3.63) is 23.8 Å². The van der Waals surface area contributed by atoms with Crippen LogP contribution in [-0.4, -0.2) is 17.4 Å². The molecule has 1 rings (SSSR count). The van der Waals surface area contributed by atoms with E-state index < -0.39 is 11.9 Å². The zero-order chi connectivity index (χ0) is 8.97. The van der Waals surface area contributed by atoms with Crippen LogP contribution in [0.3, 0.4) is 0 Å². The molecule has 0 fully saturated rings. The van der Waals surface area contributed by atoms with Crippen LogP contribution in [0.2, 0.25) is 0 Å². The number of allylic oxidation sites excluding steroid dienone is 3. The first kappa shape index (κ1) is 8.71. The van der Waals surface area contributed by atoms with Crippen LogP contribution in [-0.2, 0) is 9.59 Å². The maximum atomic E-state index is 10.5. The topological polar surface area (TPSA) is 54.4 Å². The van der Waals surface area contributed by atoms with Crippen LogP contribution in [0.1, 0.15) is 12.8 Å². The number of aliphatic carboxylic acids is 1. The molecule has 0 spiro atoms. The predicted octanol–water partition coefficient (Wildman–Crippen LogP) is 1.16. The second-order valence-electron chi connectivity index (χ2n) is 2.64. The third kappa shape index (κ3) is 1.81. The van der Waals surface area contributed by atoms with E-state index in [9.17, 15) is 9.59 Å². The molecule has 1 atom stereocenters. The fraction of sp³-hybridized carbons (Fsp3) is 0.333. The number of hydrogen-bond donors (Lipinski definition) is 1. The molecule has 0 aromatic carbocycles. The molecular formula is C9H10O3. The molecule has 0 radical (unpaired) electrons. The van der Waals surface area contributed by atoms with Gasteiger partial charge in [0, 0.05) is 0 Å². The van der Waals surface area contributed by atoms with Crippen LogP contribution in [0.25, 0.3) is 0 Å². The Hall–Kier alpha value is -1.38. The summed E-state index contributed by atoms with van der Waals surface area (Å²) in [5.74, 6) is -2.01. The van der Waals surface area contributed by atoms with Crippen molar-refractivity contribution in [1.82, 2.24) is 0 Å². The zero-order valence-corrected chi connectivity index (χ0v) is 6.56. The van der Waals surface area contributed by atoms with Gasteiger partial charge in [0.2, 0.25) is 0 Å². The molecule has 0 saturated heterocycles. The maximum Gasteiger partial charge on any atom is 0.317 e. The molecule has 12 heavy (non-hydrogen) atoms. The van der Waals surface area contributed by atoms with Crippen LogP contribution in [0, 0.1) is 5.92 Å². The van der Waals surface area contributed by atoms with Gasteiger partial charge in [-0.2, -0.15) is 0 Å². The van der Waals surface area contributed by atoms with Crippen molar-refractivity contribution in [2.24, 2.45) is 5.92 Å². The van der Waals surface area contributed by atoms with Gasteiger partial charge in [0.1, 0.15) is 12.2 Å². The Morgan fingerprint density at radius 1 is 1.58 bits per heavy atom. The van der Waals surface area contributed by atoms with Crippen molar-refractivity contribution in [3.63, 3.8) is 0 Å². The summed E-state index contributed by atoms with van der Waals surface area (Å²) in [5, 5.41) is 8.63. The molecule has 1 N–H and O–H groups in total. The highest BCUT2D eigenvalue weighted by molar-refractivity contribution is 5.90. The number of carboxylic acid groups (broad SMARTS) is 1. The molecule has 0 bridgehead atoms. The Kier molecular flexibility index (Phi) is 2.80. The van der Waals surface area contributed by atoms with E-state index in [0.29, 0.717) is 18.3 Å². The average Bonchev–Trinajstić information content (AvgIpc) is 2.07. The Labute approximate surface area is 70.4 Å². The Morgan fingerprint density at radius 2 is 2.33 bits per heavy atom. The lowest BCUT2D eigenvalue weighted by molar-refractivity contribution is -0.142. The van der Waals surface area contributed by atoms with E-state index in [4.69, 9.17) is 5.11 Å². The number of rotatable bonds is 3. The summed E-state index contributed by atoms with van der Waals surface area (Å²) in [7, 11) is 0. The highest BCUT2D eigenvalue weighted by atomic mass is 16.4. The number of aldehydes is 1. The molecule has 0 saturated carbocycles. The van der Waals surface area contributed by atoms with E-state index in [1.54, 1.807) is 6.08 Å². The Bertz CT molecular complexity index is 250. The highest BCUT2D eigenvalue weighted by Crippen LogP contribution is 2.18. The SMILES string of the molecule is O=CC(C(=O)O)C1=CCC=CC1. The molecule has 0 aliphatic heterocycles. The van der Waals surface area contributed by atoms with Crippen LogP contribution < -0.4 is 0 Å². The minimum atomic E-state index is -1.06. The van der Waals surface area contributed by atoms with Crippen molar-refractivity contribution in [3.8, 4) is 0 Å². The lowest BCUT2D eigenvalue weighted by Crippen LogP contribution is -2.18. The average molecular weight is 166 g/mol. The highest BCUT2D eigenvalue weighted by Gasteiger charge is 2.20. The van der Waals surface area contributed by atoms with E-state index >= 15 is 0 Å². The number of carbonyl (C=O) groups excluding carboxylic acids is 1. The minimum absolute atomic E-state index is 0.479. The molecule has 0 aromatic rings. The molecule has 0 heterocycles. The summed E-state index contributed by atoms with van der Waals surface area (Å²) >= 11 is 0. The smallest absolute Gasteiger partial charge is 0.317 e. The van der Waals surface area contributed by atoms with Gasteiger partial charge in [-0.3, -0.25) is 4.79 Å². The summed E-state index contributed by atoms with van der Waals surface area (Å²) in [6.07, 6.45) is 7.42. The molecule has 64 valence electrons. The standard InChI is InChI=1S/C9H10O3/c10-6-8(9(11)12)7-4-2-1-3-5-7/h1-2,5-6,8H,3-4H2,(H,11,12). The summed E-state index contributed by atoms with van der Waals surface area (Å²) in [6, 6.07) is 0. The Morgan fingerprint density at radius 3 is 2.75 bits per heavy atom. The van der Waals surface area contributed by atoms with Crippen LogP contribution >= 0.6 is 0 Å². The number of carboxylic acids is 1. The zero-order valence-electron chi connectivity index (χ0n) is 6.56. The quantitative estimate of drug-likeness (QED) is 0.389. The predicted molar refractivity (Wildman–Crippen MR) is 43.6 cm³/mol. The lowest BCUT2D eigenvalue weighted by Gasteiger charge is -2.10. The second-order valence-corrected chi connectivity index (χ2v) is 2.64. The van der Waals surface area contributed by atoms with Gasteiger partial charge in [-0.1, -0.05) is 18.2 Å². The van der Waals surface area contributed by atoms with Gasteiger partial charge < -0.3 is 9.90 Å². The molecule has 0 aromatic heterocycles. The van der Waals surface area contributed by atoms with Crippen molar-refractivity contribution >= 4 is 12.3 Å². The van der Waals surface area contributed by atoms with Crippen molar-refractivity contribution in [2.75, 3.05) is 0 Å². The first-order valence-corrected chi connectivity index (χ1v) is 3.77. The summed E-state index contributed by atoms with van der Waals surface area (Å²) in [6.45, 7) is 0. The van der Waals surface area contributed by atoms with Gasteiger partial charge in [0.05, 0.1) is 0 Å².